The number of esters is 1. The second-order valence-electron chi connectivity index (χ2n) is 6.72. The highest BCUT2D eigenvalue weighted by atomic mass is 32.1. The Labute approximate surface area is 172 Å². The molecule has 1 aromatic heterocycles. The summed E-state index contributed by atoms with van der Waals surface area (Å²) in [6, 6.07) is 7.68. The fraction of sp³-hybridized carbons (Fsp3) is 0.400. The van der Waals surface area contributed by atoms with E-state index in [9.17, 15) is 14.4 Å². The van der Waals surface area contributed by atoms with Crippen molar-refractivity contribution in [3.05, 3.63) is 40.4 Å². The van der Waals surface area contributed by atoms with Gasteiger partial charge in [-0.1, -0.05) is 29.5 Å². The lowest BCUT2D eigenvalue weighted by molar-refractivity contribution is -0.128. The number of methoxy groups -OCH3 is 2. The highest BCUT2D eigenvalue weighted by Gasteiger charge is 2.34. The maximum Gasteiger partial charge on any atom is 0.350 e. The number of nitrogens with one attached hydrogen (secondary N) is 1. The van der Waals surface area contributed by atoms with Crippen molar-refractivity contribution in [2.75, 3.05) is 32.6 Å². The molecule has 29 heavy (non-hydrogen) atoms. The van der Waals surface area contributed by atoms with Crippen molar-refractivity contribution in [1.82, 2.24) is 9.88 Å². The number of nitrogens with zero attached hydrogens (tertiary/aromatic N) is 2. The van der Waals surface area contributed by atoms with Gasteiger partial charge < -0.3 is 19.7 Å². The van der Waals surface area contributed by atoms with Crippen molar-refractivity contribution >= 4 is 34.3 Å². The number of aryl methyl sites for hydroxylation is 1. The number of aromatic nitrogens is 1. The molecule has 0 unspecified atom stereocenters. The summed E-state index contributed by atoms with van der Waals surface area (Å²) in [5.74, 6) is -0.479. The average molecular weight is 417 g/mol. The molecule has 1 saturated heterocycles. The minimum absolute atomic E-state index is 0.0504. The lowest BCUT2D eigenvalue weighted by Crippen LogP contribution is -2.30. The molecule has 9 heteroatoms. The number of hydrogen-bond donors (Lipinski definition) is 1. The molecule has 2 amide bonds. The van der Waals surface area contributed by atoms with E-state index in [2.05, 4.69) is 10.3 Å². The van der Waals surface area contributed by atoms with Gasteiger partial charge in [0.2, 0.25) is 11.8 Å². The molecule has 1 atom stereocenters. The van der Waals surface area contributed by atoms with Crippen molar-refractivity contribution in [2.24, 2.45) is 5.92 Å². The second kappa shape index (κ2) is 9.04. The van der Waals surface area contributed by atoms with Gasteiger partial charge in [0.25, 0.3) is 0 Å². The van der Waals surface area contributed by atoms with Crippen molar-refractivity contribution < 1.29 is 23.9 Å². The molecule has 8 nitrogen and oxygen atoms in total. The maximum atomic E-state index is 12.6. The number of carbonyl (C=O) groups excluding carboxylic acids is 3. The number of carbonyl (C=O) groups is 3. The first-order valence-corrected chi connectivity index (χ1v) is 10.0. The number of ether oxygens (including phenoxy) is 2. The number of amides is 2. The predicted molar refractivity (Wildman–Crippen MR) is 108 cm³/mol. The Balaban J connectivity index is 1.58. The summed E-state index contributed by atoms with van der Waals surface area (Å²) in [5, 5.41) is 3.05. The Hall–Kier alpha value is -2.94. The smallest absolute Gasteiger partial charge is 0.350 e. The van der Waals surface area contributed by atoms with Gasteiger partial charge in [-0.05, 0) is 25.0 Å². The lowest BCUT2D eigenvalue weighted by Gasteiger charge is -2.17. The van der Waals surface area contributed by atoms with Gasteiger partial charge in [0.15, 0.2) is 5.13 Å². The summed E-state index contributed by atoms with van der Waals surface area (Å²) < 4.78 is 10.0. The summed E-state index contributed by atoms with van der Waals surface area (Å²) in [7, 11) is 2.91. The molecule has 1 fully saturated rings. The number of rotatable bonds is 7. The first-order valence-electron chi connectivity index (χ1n) is 9.19. The van der Waals surface area contributed by atoms with Gasteiger partial charge in [0, 0.05) is 19.5 Å². The Kier molecular flexibility index (Phi) is 6.48. The molecule has 1 aliphatic heterocycles. The molecule has 2 heterocycles. The molecule has 1 aliphatic rings. The first-order chi connectivity index (χ1) is 13.9. The fourth-order valence-electron chi connectivity index (χ4n) is 3.27. The molecular formula is C20H23N3O5S. The normalized spacial score (nSPS) is 16.0. The molecule has 0 bridgehead atoms. The van der Waals surface area contributed by atoms with Gasteiger partial charge in [-0.3, -0.25) is 9.59 Å². The van der Waals surface area contributed by atoms with Crippen LogP contribution >= 0.6 is 11.3 Å². The molecule has 1 aromatic carbocycles. The second-order valence-corrected chi connectivity index (χ2v) is 7.72. The SMILES string of the molecule is COC(=O)c1sc(NC(=O)[C@@H]2CC(=O)N(CCc3ccccc3OC)C2)nc1C. The summed E-state index contributed by atoms with van der Waals surface area (Å²) in [6.07, 6.45) is 0.810. The van der Waals surface area contributed by atoms with Crippen LogP contribution in [0.15, 0.2) is 24.3 Å². The largest absolute Gasteiger partial charge is 0.496 e. The van der Waals surface area contributed by atoms with Crippen LogP contribution in [0.2, 0.25) is 0 Å². The highest BCUT2D eigenvalue weighted by Crippen LogP contribution is 2.26. The van der Waals surface area contributed by atoms with E-state index >= 15 is 0 Å². The number of likely N-dealkylation sites (tertiary alicyclic amines) is 1. The van der Waals surface area contributed by atoms with Crippen LogP contribution in [0.4, 0.5) is 5.13 Å². The van der Waals surface area contributed by atoms with Crippen LogP contribution in [0.3, 0.4) is 0 Å². The van der Waals surface area contributed by atoms with E-state index in [0.29, 0.717) is 35.2 Å². The number of benzene rings is 1. The molecule has 0 saturated carbocycles. The summed E-state index contributed by atoms with van der Waals surface area (Å²) in [5.41, 5.74) is 1.52. The summed E-state index contributed by atoms with van der Waals surface area (Å²) in [6.45, 7) is 2.55. The topological polar surface area (TPSA) is 97.8 Å². The molecule has 154 valence electrons. The fourth-order valence-corrected chi connectivity index (χ4v) is 4.16. The van der Waals surface area contributed by atoms with Gasteiger partial charge in [-0.2, -0.15) is 0 Å². The third-order valence-corrected chi connectivity index (χ3v) is 5.88. The van der Waals surface area contributed by atoms with Crippen molar-refractivity contribution in [3.8, 4) is 5.75 Å². The van der Waals surface area contributed by atoms with Crippen LogP contribution < -0.4 is 10.1 Å². The molecule has 2 aromatic rings. The van der Waals surface area contributed by atoms with Crippen LogP contribution in [-0.4, -0.2) is 55.0 Å². The predicted octanol–water partition coefficient (Wildman–Crippen LogP) is 2.28. The Morgan fingerprint density at radius 2 is 2.07 bits per heavy atom. The van der Waals surface area contributed by atoms with Gasteiger partial charge in [-0.15, -0.1) is 0 Å². The minimum atomic E-state index is -0.487. The van der Waals surface area contributed by atoms with Crippen LogP contribution in [0.25, 0.3) is 0 Å². The number of anilines is 1. The Morgan fingerprint density at radius 1 is 1.31 bits per heavy atom. The monoisotopic (exact) mass is 417 g/mol. The van der Waals surface area contributed by atoms with Gasteiger partial charge in [0.1, 0.15) is 10.6 Å². The molecule has 0 radical (unpaired) electrons. The van der Waals surface area contributed by atoms with Gasteiger partial charge in [-0.25, -0.2) is 9.78 Å². The number of hydrogen-bond acceptors (Lipinski definition) is 7. The zero-order chi connectivity index (χ0) is 21.0. The summed E-state index contributed by atoms with van der Waals surface area (Å²) in [4.78, 5) is 42.9. The van der Waals surface area contributed by atoms with Gasteiger partial charge in [0.05, 0.1) is 25.8 Å². The molecule has 0 aliphatic carbocycles. The quantitative estimate of drug-likeness (QED) is 0.694. The van der Waals surface area contributed by atoms with E-state index in [0.717, 1.165) is 22.6 Å². The average Bonchev–Trinajstić information content (AvgIpc) is 3.28. The third-order valence-electron chi connectivity index (χ3n) is 4.83. The molecule has 3 rings (SSSR count). The molecule has 1 N–H and O–H groups in total. The molecular weight excluding hydrogens is 394 g/mol. The van der Waals surface area contributed by atoms with Crippen LogP contribution in [-0.2, 0) is 20.7 Å². The van der Waals surface area contributed by atoms with E-state index in [-0.39, 0.29) is 18.2 Å². The maximum absolute atomic E-state index is 12.6. The van der Waals surface area contributed by atoms with Crippen molar-refractivity contribution in [3.63, 3.8) is 0 Å². The zero-order valence-electron chi connectivity index (χ0n) is 16.6. The standard InChI is InChI=1S/C20H23N3O5S/c1-12-17(19(26)28-3)29-20(21-12)22-18(25)14-10-16(24)23(11-14)9-8-13-6-4-5-7-15(13)27-2/h4-7,14H,8-11H2,1-3H3,(H,21,22,25)/t14-/m1/s1. The minimum Gasteiger partial charge on any atom is -0.496 e. The summed E-state index contributed by atoms with van der Waals surface area (Å²) >= 11 is 1.06. The van der Waals surface area contributed by atoms with E-state index in [1.807, 2.05) is 24.3 Å². The van der Waals surface area contributed by atoms with Crippen LogP contribution in [0.1, 0.15) is 27.3 Å². The number of thiazole rings is 1. The van der Waals surface area contributed by atoms with Crippen molar-refractivity contribution in [2.45, 2.75) is 19.8 Å². The first kappa shape index (κ1) is 20.8. The van der Waals surface area contributed by atoms with Crippen molar-refractivity contribution in [1.29, 1.82) is 0 Å². The lowest BCUT2D eigenvalue weighted by atomic mass is 10.1. The van der Waals surface area contributed by atoms with E-state index < -0.39 is 11.9 Å². The van der Waals surface area contributed by atoms with Gasteiger partial charge >= 0.3 is 5.97 Å². The zero-order valence-corrected chi connectivity index (χ0v) is 17.4. The van der Waals surface area contributed by atoms with Crippen LogP contribution in [0, 0.1) is 12.8 Å². The highest BCUT2D eigenvalue weighted by molar-refractivity contribution is 7.17. The Bertz CT molecular complexity index is 927. The number of para-hydroxylation sites is 1. The van der Waals surface area contributed by atoms with E-state index in [4.69, 9.17) is 9.47 Å². The third kappa shape index (κ3) is 4.73. The van der Waals surface area contributed by atoms with E-state index in [1.165, 1.54) is 7.11 Å². The molecule has 0 spiro atoms. The Morgan fingerprint density at radius 3 is 2.79 bits per heavy atom. The van der Waals surface area contributed by atoms with E-state index in [1.54, 1.807) is 18.9 Å². The van der Waals surface area contributed by atoms with Crippen LogP contribution in [0.5, 0.6) is 5.75 Å².